The summed E-state index contributed by atoms with van der Waals surface area (Å²) in [4.78, 5) is 12.5. The predicted molar refractivity (Wildman–Crippen MR) is 107 cm³/mol. The average molecular weight is 407 g/mol. The van der Waals surface area contributed by atoms with Crippen molar-refractivity contribution >= 4 is 27.4 Å². The molecule has 28 heavy (non-hydrogen) atoms. The van der Waals surface area contributed by atoms with Crippen molar-refractivity contribution in [2.75, 3.05) is 23.7 Å². The molecule has 2 aromatic rings. The van der Waals surface area contributed by atoms with Crippen LogP contribution in [0, 0.1) is 6.92 Å². The van der Waals surface area contributed by atoms with Crippen LogP contribution in [-0.4, -0.2) is 42.9 Å². The van der Waals surface area contributed by atoms with Crippen molar-refractivity contribution in [2.45, 2.75) is 50.5 Å². The zero-order chi connectivity index (χ0) is 20.1. The van der Waals surface area contributed by atoms with Crippen LogP contribution >= 0.6 is 0 Å². The van der Waals surface area contributed by atoms with Gasteiger partial charge in [-0.2, -0.15) is 4.31 Å². The second kappa shape index (κ2) is 8.74. The maximum atomic E-state index is 12.8. The molecule has 0 radical (unpaired) electrons. The molecule has 1 aliphatic rings. The molecule has 0 unspecified atom stereocenters. The zero-order valence-electron chi connectivity index (χ0n) is 16.1. The number of nitrogens with zero attached hydrogens (tertiary/aromatic N) is 2. The lowest BCUT2D eigenvalue weighted by Crippen LogP contribution is -2.32. The normalized spacial score (nSPS) is 16.9. The molecule has 152 valence electrons. The van der Waals surface area contributed by atoms with E-state index < -0.39 is 16.1 Å². The quantitative estimate of drug-likeness (QED) is 0.764. The van der Waals surface area contributed by atoms with E-state index in [9.17, 15) is 13.2 Å². The third-order valence-corrected chi connectivity index (χ3v) is 6.63. The SMILES string of the molecule is Cc1cc(NC(=O)[C@@H](C)Nc2ccc(S(=O)(=O)N3CCCCCC3)cc2)no1. The lowest BCUT2D eigenvalue weighted by Gasteiger charge is -2.20. The summed E-state index contributed by atoms with van der Waals surface area (Å²) in [5.74, 6) is 0.696. The first-order valence-corrected chi connectivity index (χ1v) is 10.9. The van der Waals surface area contributed by atoms with Crippen LogP contribution in [-0.2, 0) is 14.8 Å². The van der Waals surface area contributed by atoms with Crippen LogP contribution in [0.5, 0.6) is 0 Å². The minimum absolute atomic E-state index is 0.269. The number of carbonyl (C=O) groups is 1. The third-order valence-electron chi connectivity index (χ3n) is 4.71. The lowest BCUT2D eigenvalue weighted by molar-refractivity contribution is -0.116. The Morgan fingerprint density at radius 1 is 1.14 bits per heavy atom. The Morgan fingerprint density at radius 3 is 2.36 bits per heavy atom. The molecule has 1 aromatic heterocycles. The lowest BCUT2D eigenvalue weighted by atomic mass is 10.2. The average Bonchev–Trinajstić information content (AvgIpc) is 2.91. The molecule has 1 fully saturated rings. The van der Waals surface area contributed by atoms with Crippen molar-refractivity contribution in [1.82, 2.24) is 9.46 Å². The van der Waals surface area contributed by atoms with E-state index in [1.165, 1.54) is 0 Å². The first-order valence-electron chi connectivity index (χ1n) is 9.47. The van der Waals surface area contributed by atoms with E-state index in [-0.39, 0.29) is 10.8 Å². The van der Waals surface area contributed by atoms with Crippen molar-refractivity contribution in [2.24, 2.45) is 0 Å². The van der Waals surface area contributed by atoms with Gasteiger partial charge in [-0.3, -0.25) is 4.79 Å². The first kappa shape index (κ1) is 20.3. The molecule has 9 heteroatoms. The van der Waals surface area contributed by atoms with Gasteiger partial charge >= 0.3 is 0 Å². The zero-order valence-corrected chi connectivity index (χ0v) is 17.0. The number of sulfonamides is 1. The molecule has 2 heterocycles. The van der Waals surface area contributed by atoms with E-state index in [0.717, 1.165) is 25.7 Å². The fraction of sp³-hybridized carbons (Fsp3) is 0.474. The molecule has 3 rings (SSSR count). The van der Waals surface area contributed by atoms with Gasteiger partial charge in [-0.05, 0) is 51.0 Å². The summed E-state index contributed by atoms with van der Waals surface area (Å²) >= 11 is 0. The predicted octanol–water partition coefficient (Wildman–Crippen LogP) is 2.99. The monoisotopic (exact) mass is 406 g/mol. The number of aromatic nitrogens is 1. The van der Waals surface area contributed by atoms with E-state index in [0.29, 0.717) is 30.4 Å². The van der Waals surface area contributed by atoms with Crippen LogP contribution in [0.1, 0.15) is 38.4 Å². The summed E-state index contributed by atoms with van der Waals surface area (Å²) in [6.07, 6.45) is 3.94. The maximum Gasteiger partial charge on any atom is 0.247 e. The van der Waals surface area contributed by atoms with Crippen LogP contribution < -0.4 is 10.6 Å². The first-order chi connectivity index (χ1) is 13.4. The van der Waals surface area contributed by atoms with Gasteiger partial charge in [0.15, 0.2) is 5.82 Å². The largest absolute Gasteiger partial charge is 0.374 e. The van der Waals surface area contributed by atoms with E-state index >= 15 is 0 Å². The molecule has 1 aliphatic heterocycles. The highest BCUT2D eigenvalue weighted by Crippen LogP contribution is 2.22. The Balaban J connectivity index is 1.62. The van der Waals surface area contributed by atoms with Crippen molar-refractivity contribution in [3.63, 3.8) is 0 Å². The maximum absolute atomic E-state index is 12.8. The summed E-state index contributed by atoms with van der Waals surface area (Å²) in [5.41, 5.74) is 0.661. The molecule has 2 N–H and O–H groups in total. The fourth-order valence-corrected chi connectivity index (χ4v) is 4.65. The van der Waals surface area contributed by atoms with Gasteiger partial charge in [0.2, 0.25) is 15.9 Å². The van der Waals surface area contributed by atoms with Crippen molar-refractivity contribution in [3.8, 4) is 0 Å². The molecule has 1 aromatic carbocycles. The number of benzene rings is 1. The minimum atomic E-state index is -3.48. The summed E-state index contributed by atoms with van der Waals surface area (Å²) in [5, 5.41) is 9.45. The van der Waals surface area contributed by atoms with Gasteiger partial charge in [-0.25, -0.2) is 8.42 Å². The number of hydrogen-bond acceptors (Lipinski definition) is 6. The highest BCUT2D eigenvalue weighted by atomic mass is 32.2. The van der Waals surface area contributed by atoms with Crippen LogP contribution in [0.3, 0.4) is 0 Å². The van der Waals surface area contributed by atoms with E-state index in [2.05, 4.69) is 15.8 Å². The van der Waals surface area contributed by atoms with Crippen molar-refractivity contribution < 1.29 is 17.7 Å². The third kappa shape index (κ3) is 4.90. The Hall–Kier alpha value is -2.39. The van der Waals surface area contributed by atoms with E-state index in [1.54, 1.807) is 48.5 Å². The van der Waals surface area contributed by atoms with Crippen LogP contribution in [0.2, 0.25) is 0 Å². The van der Waals surface area contributed by atoms with Gasteiger partial charge < -0.3 is 15.2 Å². The van der Waals surface area contributed by atoms with E-state index in [1.807, 2.05) is 0 Å². The van der Waals surface area contributed by atoms with Crippen LogP contribution in [0.15, 0.2) is 39.8 Å². The molecule has 1 saturated heterocycles. The fourth-order valence-electron chi connectivity index (χ4n) is 3.13. The number of rotatable bonds is 6. The Labute approximate surface area is 165 Å². The second-order valence-electron chi connectivity index (χ2n) is 7.02. The number of nitrogens with one attached hydrogen (secondary N) is 2. The smallest absolute Gasteiger partial charge is 0.247 e. The number of aryl methyl sites for hydroxylation is 1. The molecular weight excluding hydrogens is 380 g/mol. The molecule has 0 saturated carbocycles. The molecule has 8 nitrogen and oxygen atoms in total. The Bertz CT molecular complexity index is 900. The summed E-state index contributed by atoms with van der Waals surface area (Å²) in [6.45, 7) is 4.60. The summed E-state index contributed by atoms with van der Waals surface area (Å²) in [6, 6.07) is 7.60. The van der Waals surface area contributed by atoms with Crippen molar-refractivity contribution in [1.29, 1.82) is 0 Å². The Morgan fingerprint density at radius 2 is 1.79 bits per heavy atom. The number of amides is 1. The van der Waals surface area contributed by atoms with Crippen LogP contribution in [0.4, 0.5) is 11.5 Å². The van der Waals surface area contributed by atoms with Gasteiger partial charge in [0, 0.05) is 24.8 Å². The number of anilines is 2. The number of hydrogen-bond donors (Lipinski definition) is 2. The Kier molecular flexibility index (Phi) is 6.35. The second-order valence-corrected chi connectivity index (χ2v) is 8.96. The van der Waals surface area contributed by atoms with Crippen molar-refractivity contribution in [3.05, 3.63) is 36.1 Å². The molecule has 0 aliphatic carbocycles. The van der Waals surface area contributed by atoms with Gasteiger partial charge in [0.05, 0.1) is 4.90 Å². The van der Waals surface area contributed by atoms with E-state index in [4.69, 9.17) is 4.52 Å². The topological polar surface area (TPSA) is 105 Å². The highest BCUT2D eigenvalue weighted by molar-refractivity contribution is 7.89. The van der Waals surface area contributed by atoms with Gasteiger partial charge in [-0.15, -0.1) is 0 Å². The highest BCUT2D eigenvalue weighted by Gasteiger charge is 2.25. The summed E-state index contributed by atoms with van der Waals surface area (Å²) in [7, 11) is -3.48. The molecule has 0 bridgehead atoms. The van der Waals surface area contributed by atoms with Crippen LogP contribution in [0.25, 0.3) is 0 Å². The molecular formula is C19H26N4O4S. The number of carbonyl (C=O) groups excluding carboxylic acids is 1. The molecule has 1 amide bonds. The van der Waals surface area contributed by atoms with Gasteiger partial charge in [0.25, 0.3) is 0 Å². The summed E-state index contributed by atoms with van der Waals surface area (Å²) < 4.78 is 32.1. The van der Waals surface area contributed by atoms with Gasteiger partial charge in [0.1, 0.15) is 11.8 Å². The standard InChI is InChI=1S/C19H26N4O4S/c1-14-13-18(22-27-14)21-19(24)15(2)20-16-7-9-17(10-8-16)28(25,26)23-11-5-3-4-6-12-23/h7-10,13,15,20H,3-6,11-12H2,1-2H3,(H,21,22,24)/t15-/m1/s1. The minimum Gasteiger partial charge on any atom is -0.374 e. The molecule has 0 spiro atoms. The molecule has 1 atom stereocenters. The van der Waals surface area contributed by atoms with Gasteiger partial charge in [-0.1, -0.05) is 18.0 Å².